The van der Waals surface area contributed by atoms with Crippen molar-refractivity contribution in [2.24, 2.45) is 0 Å². The maximum Gasteiger partial charge on any atom is 0.299 e. The van der Waals surface area contributed by atoms with Gasteiger partial charge in [0.2, 0.25) is 0 Å². The number of hydrogen-bond acceptors (Lipinski definition) is 6. The number of pyridine rings is 3. The second kappa shape index (κ2) is 12.3. The van der Waals surface area contributed by atoms with Crippen molar-refractivity contribution in [1.29, 1.82) is 0 Å². The maximum atomic E-state index is 16.6. The van der Waals surface area contributed by atoms with Crippen LogP contribution in [0.4, 0.5) is 8.78 Å². The molecular formula is C43H26F2N6. The molecule has 0 atom stereocenters. The first kappa shape index (κ1) is 30.3. The monoisotopic (exact) mass is 664 g/mol. The second-order valence-electron chi connectivity index (χ2n) is 12.2. The largest absolute Gasteiger partial charge is 0.299 e. The summed E-state index contributed by atoms with van der Waals surface area (Å²) in [6.45, 7) is 0. The van der Waals surface area contributed by atoms with Gasteiger partial charge >= 0.3 is 0 Å². The molecule has 8 aromatic rings. The van der Waals surface area contributed by atoms with Crippen LogP contribution in [0.15, 0.2) is 158 Å². The van der Waals surface area contributed by atoms with Crippen molar-refractivity contribution in [3.8, 4) is 79.2 Å². The second-order valence-corrected chi connectivity index (χ2v) is 12.2. The van der Waals surface area contributed by atoms with E-state index < -0.39 is 5.92 Å². The number of halogens is 2. The molecule has 9 rings (SSSR count). The molecule has 4 aromatic carbocycles. The van der Waals surface area contributed by atoms with Gasteiger partial charge in [0.25, 0.3) is 5.92 Å². The van der Waals surface area contributed by atoms with Crippen molar-refractivity contribution in [3.05, 3.63) is 169 Å². The minimum atomic E-state index is -3.28. The zero-order chi connectivity index (χ0) is 34.4. The molecule has 0 fully saturated rings. The van der Waals surface area contributed by atoms with Crippen LogP contribution in [0, 0.1) is 0 Å². The van der Waals surface area contributed by atoms with E-state index in [9.17, 15) is 0 Å². The fraction of sp³-hybridized carbons (Fsp3) is 0.0233. The Morgan fingerprint density at radius 2 is 0.843 bits per heavy atom. The van der Waals surface area contributed by atoms with Gasteiger partial charge in [0.15, 0.2) is 17.5 Å². The third kappa shape index (κ3) is 5.53. The molecule has 0 saturated heterocycles. The normalized spacial score (nSPS) is 12.7. The number of rotatable bonds is 6. The highest BCUT2D eigenvalue weighted by Gasteiger charge is 2.45. The number of alkyl halides is 2. The third-order valence-electron chi connectivity index (χ3n) is 8.97. The van der Waals surface area contributed by atoms with Crippen LogP contribution in [0.3, 0.4) is 0 Å². The molecule has 51 heavy (non-hydrogen) atoms. The lowest BCUT2D eigenvalue weighted by Crippen LogP contribution is -2.11. The maximum absolute atomic E-state index is 16.6. The molecule has 6 nitrogen and oxygen atoms in total. The van der Waals surface area contributed by atoms with Crippen molar-refractivity contribution in [2.45, 2.75) is 5.92 Å². The van der Waals surface area contributed by atoms with Gasteiger partial charge < -0.3 is 0 Å². The van der Waals surface area contributed by atoms with Crippen molar-refractivity contribution in [2.75, 3.05) is 0 Å². The number of nitrogens with zero attached hydrogens (tertiary/aromatic N) is 6. The smallest absolute Gasteiger partial charge is 0.256 e. The molecule has 8 heteroatoms. The van der Waals surface area contributed by atoms with Gasteiger partial charge in [-0.25, -0.2) is 19.9 Å². The molecule has 0 spiro atoms. The summed E-state index contributed by atoms with van der Waals surface area (Å²) in [5.74, 6) is -2.04. The van der Waals surface area contributed by atoms with Crippen LogP contribution in [0.1, 0.15) is 11.1 Å². The standard InChI is InChI=1S/C43H26F2N6/c44-43(45)34-23-29(38-25-31(36-15-7-9-21-46-36)26-39(48-38)37-16-8-10-22-47-37)17-19-32(34)33-20-18-30(24-35(33)43)42-50-40(27-11-3-1-4-12-27)49-41(51-42)28-13-5-2-6-14-28/h1-26H. The van der Waals surface area contributed by atoms with E-state index in [1.807, 2.05) is 115 Å². The number of aromatic nitrogens is 6. The number of benzene rings is 4. The summed E-state index contributed by atoms with van der Waals surface area (Å²) >= 11 is 0. The number of hydrogen-bond donors (Lipinski definition) is 0. The predicted octanol–water partition coefficient (Wildman–Crippen LogP) is 10.2. The molecule has 0 aliphatic heterocycles. The van der Waals surface area contributed by atoms with Crippen molar-refractivity contribution in [1.82, 2.24) is 29.9 Å². The van der Waals surface area contributed by atoms with Gasteiger partial charge in [-0.05, 0) is 59.7 Å². The highest BCUT2D eigenvalue weighted by atomic mass is 19.3. The molecule has 0 amide bonds. The van der Waals surface area contributed by atoms with Gasteiger partial charge in [0.1, 0.15) is 0 Å². The van der Waals surface area contributed by atoms with Crippen molar-refractivity contribution >= 4 is 0 Å². The minimum Gasteiger partial charge on any atom is -0.256 e. The lowest BCUT2D eigenvalue weighted by Gasteiger charge is -2.15. The van der Waals surface area contributed by atoms with E-state index in [0.717, 1.165) is 22.4 Å². The Morgan fingerprint density at radius 1 is 0.353 bits per heavy atom. The molecular weight excluding hydrogens is 639 g/mol. The van der Waals surface area contributed by atoms with Gasteiger partial charge in [-0.1, -0.05) is 97.1 Å². The Morgan fingerprint density at radius 3 is 1.41 bits per heavy atom. The van der Waals surface area contributed by atoms with E-state index in [2.05, 4.69) is 9.97 Å². The average Bonchev–Trinajstić information content (AvgIpc) is 3.43. The summed E-state index contributed by atoms with van der Waals surface area (Å²) in [5, 5.41) is 0. The van der Waals surface area contributed by atoms with E-state index in [-0.39, 0.29) is 11.1 Å². The van der Waals surface area contributed by atoms with E-state index >= 15 is 8.78 Å². The highest BCUT2D eigenvalue weighted by molar-refractivity contribution is 5.85. The van der Waals surface area contributed by atoms with Crippen molar-refractivity contribution in [3.63, 3.8) is 0 Å². The van der Waals surface area contributed by atoms with E-state index in [0.29, 0.717) is 56.8 Å². The summed E-state index contributed by atoms with van der Waals surface area (Å²) in [7, 11) is 0. The van der Waals surface area contributed by atoms with Gasteiger partial charge in [0.05, 0.1) is 22.8 Å². The van der Waals surface area contributed by atoms with E-state index in [1.54, 1.807) is 36.7 Å². The van der Waals surface area contributed by atoms with E-state index in [4.69, 9.17) is 19.9 Å². The van der Waals surface area contributed by atoms with Crippen LogP contribution in [0.2, 0.25) is 0 Å². The summed E-state index contributed by atoms with van der Waals surface area (Å²) in [6, 6.07) is 44.4. The SMILES string of the molecule is FC1(F)c2cc(-c3cc(-c4ccccn4)cc(-c4ccccn4)n3)ccc2-c2ccc(-c3nc(-c4ccccc4)nc(-c4ccccc4)n3)cc21. The molecule has 1 aliphatic rings. The summed E-state index contributed by atoms with van der Waals surface area (Å²) in [5.41, 5.74) is 6.80. The Balaban J connectivity index is 1.14. The van der Waals surface area contributed by atoms with Crippen LogP contribution >= 0.6 is 0 Å². The molecule has 0 bridgehead atoms. The Kier molecular flexibility index (Phi) is 7.28. The average molecular weight is 665 g/mol. The molecule has 242 valence electrons. The molecule has 0 unspecified atom stereocenters. The lowest BCUT2D eigenvalue weighted by molar-refractivity contribution is 0.0481. The molecule has 0 N–H and O–H groups in total. The molecule has 4 heterocycles. The van der Waals surface area contributed by atoms with Crippen LogP contribution in [0.25, 0.3) is 79.2 Å². The van der Waals surface area contributed by atoms with E-state index in [1.165, 1.54) is 6.07 Å². The fourth-order valence-electron chi connectivity index (χ4n) is 6.46. The summed E-state index contributed by atoms with van der Waals surface area (Å²) < 4.78 is 33.2. The third-order valence-corrected chi connectivity index (χ3v) is 8.97. The quantitative estimate of drug-likeness (QED) is 0.176. The van der Waals surface area contributed by atoms with Gasteiger partial charge in [-0.2, -0.15) is 8.78 Å². The van der Waals surface area contributed by atoms with Gasteiger partial charge in [0, 0.05) is 51.3 Å². The van der Waals surface area contributed by atoms with Crippen molar-refractivity contribution < 1.29 is 8.78 Å². The molecule has 0 radical (unpaired) electrons. The van der Waals surface area contributed by atoms with Crippen LogP contribution in [-0.2, 0) is 5.92 Å². The Hall–Kier alpha value is -6.80. The van der Waals surface area contributed by atoms with Crippen LogP contribution in [0.5, 0.6) is 0 Å². The number of fused-ring (bicyclic) bond motifs is 3. The highest BCUT2D eigenvalue weighted by Crippen LogP contribution is 2.52. The zero-order valence-corrected chi connectivity index (χ0v) is 27.0. The van der Waals surface area contributed by atoms with Gasteiger partial charge in [-0.3, -0.25) is 9.97 Å². The predicted molar refractivity (Wildman–Crippen MR) is 194 cm³/mol. The Labute approximate surface area is 292 Å². The first-order chi connectivity index (χ1) is 25.0. The van der Waals surface area contributed by atoms with Gasteiger partial charge in [-0.15, -0.1) is 0 Å². The minimum absolute atomic E-state index is 0.0813. The first-order valence-corrected chi connectivity index (χ1v) is 16.4. The molecule has 0 saturated carbocycles. The summed E-state index contributed by atoms with van der Waals surface area (Å²) in [6.07, 6.45) is 3.42. The summed E-state index contributed by atoms with van der Waals surface area (Å²) in [4.78, 5) is 28.1. The van der Waals surface area contributed by atoms with Crippen LogP contribution in [-0.4, -0.2) is 29.9 Å². The lowest BCUT2D eigenvalue weighted by atomic mass is 9.99. The fourth-order valence-corrected chi connectivity index (χ4v) is 6.46. The Bertz CT molecular complexity index is 2250. The first-order valence-electron chi connectivity index (χ1n) is 16.4. The molecule has 4 aromatic heterocycles. The molecule has 1 aliphatic carbocycles. The van der Waals surface area contributed by atoms with Crippen LogP contribution < -0.4 is 0 Å². The zero-order valence-electron chi connectivity index (χ0n) is 27.0. The topological polar surface area (TPSA) is 77.3 Å².